The first-order valence-corrected chi connectivity index (χ1v) is 14.5. The van der Waals surface area contributed by atoms with Crippen molar-refractivity contribution in [3.8, 4) is 0 Å². The Morgan fingerprint density at radius 1 is 0.878 bits per heavy atom. The van der Waals surface area contributed by atoms with Crippen molar-refractivity contribution in [2.75, 3.05) is 18.0 Å². The number of fused-ring (bicyclic) bond motifs is 1. The number of nitrogens with two attached hydrogens (primary N) is 1. The van der Waals surface area contributed by atoms with E-state index < -0.39 is 34.2 Å². The number of anilines is 1. The zero-order chi connectivity index (χ0) is 29.6. The predicted octanol–water partition coefficient (Wildman–Crippen LogP) is 7.88. The Kier molecular flexibility index (Phi) is 8.11. The minimum absolute atomic E-state index is 0.140. The zero-order valence-electron chi connectivity index (χ0n) is 23.5. The van der Waals surface area contributed by atoms with Gasteiger partial charge >= 0.3 is 12.4 Å². The van der Waals surface area contributed by atoms with Gasteiger partial charge in [0.2, 0.25) is 5.82 Å². The van der Waals surface area contributed by atoms with Crippen molar-refractivity contribution >= 4 is 5.69 Å². The molecule has 5 rings (SSSR count). The van der Waals surface area contributed by atoms with Gasteiger partial charge in [0, 0.05) is 36.0 Å². The minimum atomic E-state index is -4.93. The Balaban J connectivity index is 1.57. The quantitative estimate of drug-likeness (QED) is 0.254. The van der Waals surface area contributed by atoms with Crippen LogP contribution >= 0.6 is 0 Å². The smallest absolute Gasteiger partial charge is 0.371 e. The molecule has 1 heterocycles. The van der Waals surface area contributed by atoms with E-state index in [0.29, 0.717) is 5.92 Å². The van der Waals surface area contributed by atoms with Crippen LogP contribution in [0.4, 0.5) is 32.0 Å². The maximum Gasteiger partial charge on any atom is 0.416 e. The Bertz CT molecular complexity index is 1270. The molecule has 0 spiro atoms. The summed E-state index contributed by atoms with van der Waals surface area (Å²) in [6, 6.07) is 6.09. The van der Waals surface area contributed by atoms with Crippen LogP contribution in [0.2, 0.25) is 0 Å². The van der Waals surface area contributed by atoms with E-state index in [1.807, 2.05) is 0 Å². The monoisotopic (exact) mass is 582 g/mol. The first kappa shape index (κ1) is 29.8. The average Bonchev–Trinajstić information content (AvgIpc) is 3.62. The van der Waals surface area contributed by atoms with E-state index in [-0.39, 0.29) is 30.5 Å². The van der Waals surface area contributed by atoms with Gasteiger partial charge in [-0.1, -0.05) is 12.8 Å². The van der Waals surface area contributed by atoms with Gasteiger partial charge in [0.1, 0.15) is 19.2 Å². The third kappa shape index (κ3) is 6.38. The summed E-state index contributed by atoms with van der Waals surface area (Å²) in [6.45, 7) is 5.49. The molecule has 2 atom stereocenters. The fourth-order valence-corrected chi connectivity index (χ4v) is 6.77. The normalized spacial score (nSPS) is 23.2. The molecule has 224 valence electrons. The van der Waals surface area contributed by atoms with Crippen molar-refractivity contribution in [1.29, 1.82) is 0 Å². The summed E-state index contributed by atoms with van der Waals surface area (Å²) in [7, 11) is 0. The van der Waals surface area contributed by atoms with E-state index in [9.17, 15) is 26.3 Å². The lowest BCUT2D eigenvalue weighted by atomic mass is 10.00. The highest BCUT2D eigenvalue weighted by molar-refractivity contribution is 5.58. The van der Waals surface area contributed by atoms with E-state index >= 15 is 0 Å². The SMILES string of the molecule is CCN(CC1CCCC1)c1cc2c(cc1C[N+]1(Cc3cc(C(F)(F)F)cc(C(F)(F)F)c3)OC(C)C=C1N)CCC2. The van der Waals surface area contributed by atoms with Gasteiger partial charge in [-0.05, 0) is 93.3 Å². The number of hydroxylamine groups is 3. The number of benzene rings is 2. The second-order valence-electron chi connectivity index (χ2n) is 11.8. The molecule has 2 N–H and O–H groups in total. The van der Waals surface area contributed by atoms with Gasteiger partial charge in [-0.3, -0.25) is 0 Å². The molecular formula is C31H38F6N3O+. The number of rotatable bonds is 8. The fourth-order valence-electron chi connectivity index (χ4n) is 6.77. The van der Waals surface area contributed by atoms with Crippen LogP contribution in [0.5, 0.6) is 0 Å². The summed E-state index contributed by atoms with van der Waals surface area (Å²) in [5.74, 6) is 0.867. The van der Waals surface area contributed by atoms with E-state index in [4.69, 9.17) is 10.6 Å². The lowest BCUT2D eigenvalue weighted by Crippen LogP contribution is -2.46. The van der Waals surface area contributed by atoms with E-state index in [2.05, 4.69) is 24.0 Å². The molecular weight excluding hydrogens is 544 g/mol. The molecule has 0 radical (unpaired) electrons. The number of aryl methyl sites for hydroxylation is 2. The summed E-state index contributed by atoms with van der Waals surface area (Å²) in [4.78, 5) is 8.65. The fraction of sp³-hybridized carbons (Fsp3) is 0.548. The number of alkyl halides is 6. The molecule has 3 aliphatic rings. The average molecular weight is 583 g/mol. The lowest BCUT2D eigenvalue weighted by Gasteiger charge is -2.35. The molecule has 1 saturated carbocycles. The maximum atomic E-state index is 13.7. The number of nitrogens with zero attached hydrogens (tertiary/aromatic N) is 2. The second-order valence-corrected chi connectivity index (χ2v) is 11.8. The van der Waals surface area contributed by atoms with E-state index in [1.165, 1.54) is 36.8 Å². The van der Waals surface area contributed by atoms with Crippen LogP contribution in [0, 0.1) is 5.92 Å². The molecule has 2 aromatic carbocycles. The number of halogens is 6. The third-order valence-corrected chi connectivity index (χ3v) is 8.72. The predicted molar refractivity (Wildman–Crippen MR) is 145 cm³/mol. The molecule has 41 heavy (non-hydrogen) atoms. The van der Waals surface area contributed by atoms with Crippen molar-refractivity contribution in [3.63, 3.8) is 0 Å². The lowest BCUT2D eigenvalue weighted by molar-refractivity contribution is -1.09. The number of hydrogen-bond donors (Lipinski definition) is 1. The van der Waals surface area contributed by atoms with Gasteiger partial charge in [-0.15, -0.1) is 4.65 Å². The van der Waals surface area contributed by atoms with E-state index in [0.717, 1.165) is 55.7 Å². The zero-order valence-corrected chi connectivity index (χ0v) is 23.5. The van der Waals surface area contributed by atoms with Gasteiger partial charge in [0.25, 0.3) is 0 Å². The van der Waals surface area contributed by atoms with Crippen LogP contribution in [-0.4, -0.2) is 23.8 Å². The van der Waals surface area contributed by atoms with Crippen molar-refractivity contribution in [1.82, 2.24) is 0 Å². The van der Waals surface area contributed by atoms with Crippen LogP contribution in [0.3, 0.4) is 0 Å². The van der Waals surface area contributed by atoms with Gasteiger partial charge in [0.05, 0.1) is 11.1 Å². The maximum absolute atomic E-state index is 13.7. The highest BCUT2D eigenvalue weighted by atomic mass is 19.4. The van der Waals surface area contributed by atoms with Crippen molar-refractivity contribution in [2.45, 2.75) is 90.3 Å². The van der Waals surface area contributed by atoms with Crippen LogP contribution in [0.25, 0.3) is 0 Å². The summed E-state index contributed by atoms with van der Waals surface area (Å²) in [6.07, 6.45) is -0.852. The molecule has 10 heteroatoms. The number of hydrogen-bond acceptors (Lipinski definition) is 3. The first-order chi connectivity index (χ1) is 19.3. The van der Waals surface area contributed by atoms with Crippen molar-refractivity contribution in [2.24, 2.45) is 11.7 Å². The molecule has 0 saturated heterocycles. The van der Waals surface area contributed by atoms with Crippen LogP contribution in [0.15, 0.2) is 42.2 Å². The van der Waals surface area contributed by atoms with Crippen molar-refractivity contribution in [3.05, 3.63) is 75.6 Å². The Labute approximate surface area is 237 Å². The minimum Gasteiger partial charge on any atom is -0.371 e. The standard InChI is InChI=1S/C31H38F6N3O/c1-3-39(17-21-7-4-5-8-21)28-15-24-10-6-9-23(24)14-25(28)19-40(29(38)11-20(2)41-40)18-22-12-26(30(32,33)34)16-27(13-22)31(35,36)37/h11-16,20-21H,3-10,17-19,38H2,1-2H3/q+1. The molecule has 2 aromatic rings. The van der Waals surface area contributed by atoms with Gasteiger partial charge in [-0.25, -0.2) is 0 Å². The van der Waals surface area contributed by atoms with Crippen LogP contribution in [0.1, 0.15) is 79.3 Å². The van der Waals surface area contributed by atoms with Crippen molar-refractivity contribution < 1.29 is 35.8 Å². The van der Waals surface area contributed by atoms with E-state index in [1.54, 1.807) is 13.0 Å². The summed E-state index contributed by atoms with van der Waals surface area (Å²) >= 11 is 0. The Morgan fingerprint density at radius 3 is 2.02 bits per heavy atom. The molecule has 1 aliphatic heterocycles. The van der Waals surface area contributed by atoms with Crippen LogP contribution in [-0.2, 0) is 43.1 Å². The summed E-state index contributed by atoms with van der Waals surface area (Å²) < 4.78 is 81.6. The first-order valence-electron chi connectivity index (χ1n) is 14.5. The molecule has 2 aliphatic carbocycles. The molecule has 4 nitrogen and oxygen atoms in total. The highest BCUT2D eigenvalue weighted by Gasteiger charge is 2.44. The molecule has 1 fully saturated rings. The topological polar surface area (TPSA) is 38.5 Å². The third-order valence-electron chi connectivity index (χ3n) is 8.72. The Hall–Kier alpha value is -2.72. The Morgan fingerprint density at radius 2 is 1.49 bits per heavy atom. The molecule has 0 amide bonds. The highest BCUT2D eigenvalue weighted by Crippen LogP contribution is 2.41. The molecule has 0 aromatic heterocycles. The van der Waals surface area contributed by atoms with Gasteiger partial charge in [0.15, 0.2) is 0 Å². The summed E-state index contributed by atoms with van der Waals surface area (Å²) in [5.41, 5.74) is 8.19. The second kappa shape index (κ2) is 11.2. The molecule has 2 unspecified atom stereocenters. The van der Waals surface area contributed by atoms with Crippen LogP contribution < -0.4 is 10.6 Å². The number of quaternary nitrogens is 1. The molecule has 0 bridgehead atoms. The summed E-state index contributed by atoms with van der Waals surface area (Å²) in [5, 5.41) is 0. The largest absolute Gasteiger partial charge is 0.416 e. The van der Waals surface area contributed by atoms with Gasteiger partial charge in [-0.2, -0.15) is 31.2 Å². The van der Waals surface area contributed by atoms with Gasteiger partial charge < -0.3 is 10.6 Å².